The molecular weight excluding hydrogens is 607 g/mol. The molecule has 0 N–H and O–H groups in total. The van der Waals surface area contributed by atoms with E-state index in [2.05, 4.69) is 34.6 Å². The first kappa shape index (κ1) is 46.3. The van der Waals surface area contributed by atoms with Gasteiger partial charge in [-0.3, -0.25) is 0 Å². The first-order chi connectivity index (χ1) is 22.3. The third kappa shape index (κ3) is 25.3. The van der Waals surface area contributed by atoms with Gasteiger partial charge in [0.25, 0.3) is 0 Å². The van der Waals surface area contributed by atoms with Gasteiger partial charge in [-0.15, -0.1) is 0 Å². The molecule has 0 atom stereocenters. The van der Waals surface area contributed by atoms with Gasteiger partial charge in [0.05, 0.1) is 0 Å². The minimum atomic E-state index is -4.03. The Morgan fingerprint density at radius 3 is 0.891 bits per heavy atom. The molecule has 0 unspecified atom stereocenters. The predicted molar refractivity (Wildman–Crippen MR) is 209 cm³/mol. The van der Waals surface area contributed by atoms with Gasteiger partial charge in [0, 0.05) is 0 Å². The van der Waals surface area contributed by atoms with Crippen LogP contribution in [0.25, 0.3) is 0 Å². The van der Waals surface area contributed by atoms with Crippen LogP contribution in [-0.2, 0) is 18.6 Å². The van der Waals surface area contributed by atoms with Gasteiger partial charge in [-0.25, -0.2) is 0 Å². The van der Waals surface area contributed by atoms with Gasteiger partial charge in [0.15, 0.2) is 0 Å². The second kappa shape index (κ2) is 31.3. The summed E-state index contributed by atoms with van der Waals surface area (Å²) in [6, 6.07) is 0. The van der Waals surface area contributed by atoms with E-state index in [1.54, 1.807) is 0 Å². The fraction of sp³-hybridized carbons (Fsp3) is 1.00. The predicted octanol–water partition coefficient (Wildman–Crippen LogP) is 14.5. The Bertz CT molecular complexity index is 707. The molecule has 0 radical (unpaired) electrons. The topological polar surface area (TPSA) is 52.6 Å². The van der Waals surface area contributed by atoms with Crippen LogP contribution in [0.4, 0.5) is 0 Å². The van der Waals surface area contributed by atoms with Crippen molar-refractivity contribution < 1.29 is 16.6 Å². The Morgan fingerprint density at radius 1 is 0.348 bits per heavy atom. The van der Waals surface area contributed by atoms with E-state index in [9.17, 15) is 8.42 Å². The maximum atomic E-state index is 13.8. The van der Waals surface area contributed by atoms with Crippen molar-refractivity contribution in [1.82, 2.24) is 0 Å². The summed E-state index contributed by atoms with van der Waals surface area (Å²) in [5.41, 5.74) is 0. The van der Waals surface area contributed by atoms with E-state index in [0.717, 1.165) is 69.6 Å². The standard InChI is InChI=1S/C40H85O4PS/c1-6-11-16-21-23-24-25-26-27-28-30-35-40-45(37-32-18-13-8-3,38-33-19-14-9-4,39-34-20-15-10-5)44-46(41,42)43-36-31-29-22-17-12-7-2/h6-40H2,1-5H3. The van der Waals surface area contributed by atoms with E-state index in [0.29, 0.717) is 0 Å². The fourth-order valence-corrected chi connectivity index (χ4v) is 16.5. The number of hydrogen-bond acceptors (Lipinski definition) is 4. The minimum absolute atomic E-state index is 0.265. The van der Waals surface area contributed by atoms with Crippen LogP contribution in [-0.4, -0.2) is 39.7 Å². The zero-order valence-corrected chi connectivity index (χ0v) is 33.9. The number of unbranched alkanes of at least 4 members (excludes halogenated alkanes) is 25. The first-order valence-corrected chi connectivity index (χ1v) is 25.2. The van der Waals surface area contributed by atoms with Gasteiger partial charge in [-0.05, 0) is 0 Å². The summed E-state index contributed by atoms with van der Waals surface area (Å²) in [4.78, 5) is 0. The van der Waals surface area contributed by atoms with Crippen molar-refractivity contribution in [2.45, 2.75) is 227 Å². The summed E-state index contributed by atoms with van der Waals surface area (Å²) in [6.45, 7) is 8.53. The molecule has 0 aliphatic rings. The van der Waals surface area contributed by atoms with Crippen LogP contribution in [0.15, 0.2) is 0 Å². The Hall–Kier alpha value is 0.300. The zero-order valence-electron chi connectivity index (χ0n) is 32.2. The van der Waals surface area contributed by atoms with E-state index in [1.807, 2.05) is 0 Å². The molecule has 0 aromatic heterocycles. The number of hydrogen-bond donors (Lipinski definition) is 0. The molecule has 0 rings (SSSR count). The molecule has 0 spiro atoms. The molecule has 0 aliphatic carbocycles. The Balaban J connectivity index is 5.68. The normalized spacial score (nSPS) is 13.3. The summed E-state index contributed by atoms with van der Waals surface area (Å²) in [6.07, 6.45) is 40.6. The third-order valence-electron chi connectivity index (χ3n) is 10.3. The van der Waals surface area contributed by atoms with E-state index < -0.39 is 17.2 Å². The molecule has 0 heterocycles. The number of rotatable bonds is 38. The molecule has 46 heavy (non-hydrogen) atoms. The van der Waals surface area contributed by atoms with E-state index in [-0.39, 0.29) is 6.61 Å². The summed E-state index contributed by atoms with van der Waals surface area (Å²) in [5.74, 6) is 0. The van der Waals surface area contributed by atoms with Gasteiger partial charge < -0.3 is 0 Å². The second-order valence-electron chi connectivity index (χ2n) is 14.9. The fourth-order valence-electron chi connectivity index (χ4n) is 7.31. The van der Waals surface area contributed by atoms with Crippen LogP contribution in [0.3, 0.4) is 0 Å². The molecule has 0 saturated carbocycles. The molecule has 0 saturated heterocycles. The Morgan fingerprint density at radius 2 is 0.587 bits per heavy atom. The van der Waals surface area contributed by atoms with Crippen molar-refractivity contribution in [3.8, 4) is 0 Å². The van der Waals surface area contributed by atoms with Crippen LogP contribution in [0.2, 0.25) is 0 Å². The van der Waals surface area contributed by atoms with Crippen molar-refractivity contribution in [2.24, 2.45) is 0 Å². The van der Waals surface area contributed by atoms with Crippen molar-refractivity contribution in [1.29, 1.82) is 0 Å². The van der Waals surface area contributed by atoms with Crippen LogP contribution >= 0.6 is 6.83 Å². The van der Waals surface area contributed by atoms with E-state index >= 15 is 0 Å². The van der Waals surface area contributed by atoms with Crippen molar-refractivity contribution in [3.05, 3.63) is 0 Å². The van der Waals surface area contributed by atoms with Crippen LogP contribution in [0.1, 0.15) is 227 Å². The average molecular weight is 693 g/mol. The summed E-state index contributed by atoms with van der Waals surface area (Å²) >= 11 is 0. The van der Waals surface area contributed by atoms with Crippen molar-refractivity contribution >= 4 is 17.2 Å². The van der Waals surface area contributed by atoms with Gasteiger partial charge in [0.2, 0.25) is 0 Å². The van der Waals surface area contributed by atoms with E-state index in [4.69, 9.17) is 8.15 Å². The molecule has 0 fully saturated rings. The average Bonchev–Trinajstić information content (AvgIpc) is 3.04. The Kier molecular flexibility index (Phi) is 31.5. The van der Waals surface area contributed by atoms with Crippen LogP contribution < -0.4 is 0 Å². The monoisotopic (exact) mass is 693 g/mol. The molecule has 6 heteroatoms. The van der Waals surface area contributed by atoms with Crippen LogP contribution in [0.5, 0.6) is 0 Å². The quantitative estimate of drug-likeness (QED) is 0.0477. The van der Waals surface area contributed by atoms with Gasteiger partial charge >= 0.3 is 279 Å². The molecule has 0 amide bonds. The SMILES string of the molecule is CCCCCCCCCCCCCCP(CCCCCC)(CCCCCC)(CCCCCC)OS(=O)(=O)OCCCCCCCC. The molecule has 0 aromatic rings. The second-order valence-corrected chi connectivity index (χ2v) is 22.0. The maximum absolute atomic E-state index is 13.8. The van der Waals surface area contributed by atoms with Crippen LogP contribution in [0, 0.1) is 0 Å². The van der Waals surface area contributed by atoms with Gasteiger partial charge in [-0.1, -0.05) is 13.3 Å². The van der Waals surface area contributed by atoms with Crippen molar-refractivity contribution in [3.63, 3.8) is 0 Å². The summed E-state index contributed by atoms with van der Waals surface area (Å²) in [5, 5.41) is 0. The molecule has 0 bridgehead atoms. The molecule has 0 aromatic carbocycles. The van der Waals surface area contributed by atoms with Gasteiger partial charge in [0.1, 0.15) is 0 Å². The van der Waals surface area contributed by atoms with E-state index in [1.165, 1.54) is 148 Å². The van der Waals surface area contributed by atoms with Gasteiger partial charge in [-0.2, -0.15) is 0 Å². The summed E-state index contributed by atoms with van der Waals surface area (Å²) < 4.78 is 40.0. The summed E-state index contributed by atoms with van der Waals surface area (Å²) in [7, 11) is -4.03. The molecule has 4 nitrogen and oxygen atoms in total. The third-order valence-corrected chi connectivity index (χ3v) is 19.0. The molecule has 280 valence electrons. The molecule has 0 aliphatic heterocycles. The first-order valence-electron chi connectivity index (χ1n) is 20.9. The zero-order chi connectivity index (χ0) is 34.1. The molecular formula is C40H85O4PS. The Labute approximate surface area is 291 Å². The van der Waals surface area contributed by atoms with Crippen molar-refractivity contribution in [2.75, 3.05) is 31.3 Å².